The van der Waals surface area contributed by atoms with E-state index < -0.39 is 0 Å². The van der Waals surface area contributed by atoms with Gasteiger partial charge in [-0.1, -0.05) is 287 Å². The van der Waals surface area contributed by atoms with Crippen LogP contribution in [-0.2, 0) is 37.9 Å². The molecule has 0 bridgehead atoms. The summed E-state index contributed by atoms with van der Waals surface area (Å²) in [6, 6.07) is 40.1. The highest BCUT2D eigenvalue weighted by Crippen LogP contribution is 2.47. The highest BCUT2D eigenvalue weighted by atomic mass is 15.3. The predicted molar refractivity (Wildman–Crippen MR) is 352 cm³/mol. The number of hydrogen-bond donors (Lipinski definition) is 0. The molecule has 0 fully saturated rings. The topological polar surface area (TPSA) is 6.25 Å². The summed E-state index contributed by atoms with van der Waals surface area (Å²) in [4.78, 5) is 2.68. The lowest BCUT2D eigenvalue weighted by Gasteiger charge is -2.30. The molecule has 6 aromatic rings. The van der Waals surface area contributed by atoms with Crippen molar-refractivity contribution < 1.29 is 4.58 Å². The van der Waals surface area contributed by atoms with E-state index in [1.165, 1.54) is 112 Å². The molecule has 0 saturated heterocycles. The number of benzene rings is 6. The van der Waals surface area contributed by atoms with Crippen LogP contribution in [-0.4, -0.2) is 24.0 Å². The van der Waals surface area contributed by atoms with Gasteiger partial charge >= 0.3 is 0 Å². The van der Waals surface area contributed by atoms with Crippen LogP contribution in [0.15, 0.2) is 97.1 Å². The van der Waals surface area contributed by atoms with Gasteiger partial charge in [-0.3, -0.25) is 0 Å². The number of rotatable bonds is 10. The highest BCUT2D eigenvalue weighted by molar-refractivity contribution is 5.84. The van der Waals surface area contributed by atoms with E-state index in [0.29, 0.717) is 0 Å². The largest absolute Gasteiger partial charge is 0.244 e. The van der Waals surface area contributed by atoms with E-state index in [1.807, 2.05) is 0 Å². The zero-order chi connectivity index (χ0) is 59.9. The molecule has 0 saturated carbocycles. The Morgan fingerprint density at radius 2 is 0.550 bits per heavy atom. The fraction of sp³-hybridized carbons (Fsp3) is 0.526. The van der Waals surface area contributed by atoms with Crippen molar-refractivity contribution in [3.8, 4) is 0 Å². The third-order valence-corrected chi connectivity index (χ3v) is 18.0. The Morgan fingerprint density at radius 3 is 0.838 bits per heavy atom. The van der Waals surface area contributed by atoms with Gasteiger partial charge in [0.05, 0.1) is 0 Å². The zero-order valence-electron chi connectivity index (χ0n) is 55.9. The standard InChI is InChI=1S/C78H109N2/c1-48-31-55(37-59(32-48)72(8,9)10)51(4)66-33-49(2)34-67(52(5)56-38-60(73(11,12)13)44-61(39-56)74(14,15)16)70(66)79-29-30-80(47-79)71-68(53(6)57-40-62(75(17,18)19)45-63(41-57)76(20,21)22)35-50(3)36-69(71)54(7)58-42-64(77(23,24)25)46-65(43-58)78(26,27)28/h31-47,51-54H,29-30H2,1-28H3/q+1/t51-,52-,53-,54-/m1/s1. The molecule has 1 heterocycles. The number of aryl methyl sites for hydroxylation is 3. The van der Waals surface area contributed by atoms with Crippen molar-refractivity contribution in [2.75, 3.05) is 18.0 Å². The smallest absolute Gasteiger partial charge is 0.229 e. The number of hydrogen-bond acceptors (Lipinski definition) is 1. The van der Waals surface area contributed by atoms with Crippen LogP contribution in [0.5, 0.6) is 0 Å². The molecule has 0 unspecified atom stereocenters. The van der Waals surface area contributed by atoms with E-state index in [-0.39, 0.29) is 61.6 Å². The molecule has 2 nitrogen and oxygen atoms in total. The van der Waals surface area contributed by atoms with Crippen molar-refractivity contribution in [1.29, 1.82) is 0 Å². The first-order valence-corrected chi connectivity index (χ1v) is 30.7. The molecule has 0 aliphatic carbocycles. The Balaban J connectivity index is 1.57. The van der Waals surface area contributed by atoms with E-state index >= 15 is 0 Å². The van der Waals surface area contributed by atoms with E-state index in [4.69, 9.17) is 0 Å². The Bertz CT molecular complexity index is 3080. The fourth-order valence-electron chi connectivity index (χ4n) is 12.0. The van der Waals surface area contributed by atoms with E-state index in [2.05, 4.69) is 307 Å². The molecule has 430 valence electrons. The van der Waals surface area contributed by atoms with Gasteiger partial charge in [0.2, 0.25) is 6.34 Å². The van der Waals surface area contributed by atoms with E-state index in [9.17, 15) is 0 Å². The molecule has 80 heavy (non-hydrogen) atoms. The maximum Gasteiger partial charge on any atom is 0.244 e. The molecule has 2 heteroatoms. The van der Waals surface area contributed by atoms with Crippen LogP contribution in [0.25, 0.3) is 0 Å². The second-order valence-electron chi connectivity index (χ2n) is 32.4. The minimum atomic E-state index is 0.00373. The fourth-order valence-corrected chi connectivity index (χ4v) is 12.0. The maximum absolute atomic E-state index is 2.68. The Morgan fingerprint density at radius 1 is 0.312 bits per heavy atom. The van der Waals surface area contributed by atoms with Crippen molar-refractivity contribution >= 4 is 17.7 Å². The van der Waals surface area contributed by atoms with Crippen LogP contribution in [0.2, 0.25) is 0 Å². The van der Waals surface area contributed by atoms with Crippen LogP contribution in [0.4, 0.5) is 11.4 Å². The monoisotopic (exact) mass is 1070 g/mol. The van der Waals surface area contributed by atoms with Gasteiger partial charge in [-0.15, -0.1) is 0 Å². The molecule has 0 amide bonds. The maximum atomic E-state index is 2.68. The molecular weight excluding hydrogens is 965 g/mol. The molecule has 4 atom stereocenters. The molecule has 0 spiro atoms. The number of nitrogens with zero attached hydrogens (tertiary/aromatic N) is 2. The van der Waals surface area contributed by atoms with Crippen molar-refractivity contribution in [2.45, 2.75) is 255 Å². The summed E-state index contributed by atoms with van der Waals surface area (Å²) in [5.74, 6) is 0.539. The quantitative estimate of drug-likeness (QED) is 0.124. The Labute approximate surface area is 490 Å². The molecule has 7 rings (SSSR count). The molecular formula is C78H109N2+. The summed E-state index contributed by atoms with van der Waals surface area (Å²) in [6.07, 6.45) is 2.54. The lowest BCUT2D eigenvalue weighted by atomic mass is 9.76. The lowest BCUT2D eigenvalue weighted by molar-refractivity contribution is -0.425. The molecule has 0 aromatic heterocycles. The third kappa shape index (κ3) is 13.6. The van der Waals surface area contributed by atoms with Gasteiger partial charge in [0.15, 0.2) is 0 Å². The Kier molecular flexibility index (Phi) is 17.0. The summed E-state index contributed by atoms with van der Waals surface area (Å²) in [6.45, 7) is 68.3. The first kappa shape index (κ1) is 62.4. The van der Waals surface area contributed by atoms with Crippen LogP contribution in [0.3, 0.4) is 0 Å². The summed E-state index contributed by atoms with van der Waals surface area (Å²) >= 11 is 0. The normalized spacial score (nSPS) is 15.8. The van der Waals surface area contributed by atoms with Gasteiger partial charge in [-0.05, 0) is 120 Å². The van der Waals surface area contributed by atoms with Crippen LogP contribution in [0, 0.1) is 20.8 Å². The SMILES string of the molecule is Cc1cc([C@@H](C)c2cc(C)cc([C@H](C)c3cc(C(C)(C)C)cc(C(C)(C)C)c3)c2[N+]2=CN(c3c([C@H](C)c4cc(C(C)(C)C)cc(C(C)(C)C)c4)cc(C)cc3[C@H](C)c3cc(C(C)(C)C)cc(C(C)(C)C)c3)CC2)cc(C(C)(C)C)c1. The van der Waals surface area contributed by atoms with Gasteiger partial charge in [-0.25, -0.2) is 9.48 Å². The van der Waals surface area contributed by atoms with Gasteiger partial charge in [0.1, 0.15) is 24.5 Å². The van der Waals surface area contributed by atoms with Crippen molar-refractivity contribution in [3.63, 3.8) is 0 Å². The predicted octanol–water partition coefficient (Wildman–Crippen LogP) is 21.5. The van der Waals surface area contributed by atoms with Crippen molar-refractivity contribution in [1.82, 2.24) is 0 Å². The van der Waals surface area contributed by atoms with Gasteiger partial charge < -0.3 is 0 Å². The minimum Gasteiger partial charge on any atom is -0.229 e. The van der Waals surface area contributed by atoms with Gasteiger partial charge in [0, 0.05) is 45.9 Å². The minimum absolute atomic E-state index is 0.00373. The van der Waals surface area contributed by atoms with E-state index in [0.717, 1.165) is 13.1 Å². The molecule has 1 aliphatic rings. The number of anilines is 1. The van der Waals surface area contributed by atoms with E-state index in [1.54, 1.807) is 0 Å². The average molecular weight is 1070 g/mol. The highest BCUT2D eigenvalue weighted by Gasteiger charge is 2.37. The van der Waals surface area contributed by atoms with Crippen LogP contribution < -0.4 is 4.90 Å². The molecule has 1 aliphatic heterocycles. The van der Waals surface area contributed by atoms with Gasteiger partial charge in [0.25, 0.3) is 0 Å². The summed E-state index contributed by atoms with van der Waals surface area (Å²) < 4.78 is 2.68. The second-order valence-corrected chi connectivity index (χ2v) is 32.4. The van der Waals surface area contributed by atoms with Crippen molar-refractivity contribution in [2.24, 2.45) is 0 Å². The first-order valence-electron chi connectivity index (χ1n) is 30.7. The molecule has 6 aromatic carbocycles. The second kappa shape index (κ2) is 21.8. The summed E-state index contributed by atoms with van der Waals surface area (Å²) in [7, 11) is 0. The summed E-state index contributed by atoms with van der Waals surface area (Å²) in [5, 5.41) is 0. The van der Waals surface area contributed by atoms with Crippen LogP contribution in [0.1, 0.15) is 297 Å². The van der Waals surface area contributed by atoms with Gasteiger partial charge in [-0.2, -0.15) is 0 Å². The third-order valence-electron chi connectivity index (χ3n) is 18.0. The average Bonchev–Trinajstić information content (AvgIpc) is 3.81. The Hall–Kier alpha value is -5.21. The zero-order valence-corrected chi connectivity index (χ0v) is 55.9. The molecule has 0 N–H and O–H groups in total. The lowest BCUT2D eigenvalue weighted by Crippen LogP contribution is -2.24. The first-order chi connectivity index (χ1) is 36.4. The summed E-state index contributed by atoms with van der Waals surface area (Å²) in [5.41, 5.74) is 27.6. The molecule has 0 radical (unpaired) electrons. The van der Waals surface area contributed by atoms with Crippen LogP contribution >= 0.6 is 0 Å². The van der Waals surface area contributed by atoms with Crippen molar-refractivity contribution in [3.05, 3.63) is 197 Å².